The number of benzene rings is 3. The van der Waals surface area contributed by atoms with Gasteiger partial charge in [-0.3, -0.25) is 0 Å². The van der Waals surface area contributed by atoms with Crippen LogP contribution >= 0.6 is 11.8 Å². The van der Waals surface area contributed by atoms with E-state index in [1.165, 1.54) is 36.0 Å². The van der Waals surface area contributed by atoms with E-state index in [0.29, 0.717) is 10.9 Å². The molecule has 0 unspecified atom stereocenters. The van der Waals surface area contributed by atoms with Crippen LogP contribution in [-0.4, -0.2) is 12.3 Å². The second-order valence-corrected chi connectivity index (χ2v) is 6.87. The highest BCUT2D eigenvalue weighted by molar-refractivity contribution is 8.14. The summed E-state index contributed by atoms with van der Waals surface area (Å²) in [6, 6.07) is 19.5. The van der Waals surface area contributed by atoms with Gasteiger partial charge in [0, 0.05) is 0 Å². The van der Waals surface area contributed by atoms with Gasteiger partial charge in [0.25, 0.3) is 0 Å². The number of ether oxygens (including phenoxy) is 1. The molecular formula is C21H18F2N2OS. The first-order valence-electron chi connectivity index (χ1n) is 8.21. The van der Waals surface area contributed by atoms with Crippen LogP contribution in [0.2, 0.25) is 0 Å². The molecule has 27 heavy (non-hydrogen) atoms. The SMILES string of the molecule is COc1ccc(N=C(N)SC(c2ccc(F)cc2)c2ccc(F)cc2)cc1. The Morgan fingerprint density at radius 2 is 1.33 bits per heavy atom. The molecule has 0 aliphatic heterocycles. The first kappa shape index (κ1) is 18.9. The number of thioether (sulfide) groups is 1. The molecule has 3 aromatic rings. The van der Waals surface area contributed by atoms with Crippen molar-refractivity contribution in [3.05, 3.63) is 95.6 Å². The fourth-order valence-corrected chi connectivity index (χ4v) is 3.52. The van der Waals surface area contributed by atoms with E-state index in [0.717, 1.165) is 16.9 Å². The number of hydrogen-bond donors (Lipinski definition) is 1. The minimum absolute atomic E-state index is 0.242. The Morgan fingerprint density at radius 1 is 0.852 bits per heavy atom. The highest BCUT2D eigenvalue weighted by Gasteiger charge is 2.17. The lowest BCUT2D eigenvalue weighted by Crippen LogP contribution is -2.10. The number of hydrogen-bond acceptors (Lipinski definition) is 3. The molecule has 0 aromatic heterocycles. The summed E-state index contributed by atoms with van der Waals surface area (Å²) in [5.41, 5.74) is 8.53. The van der Waals surface area contributed by atoms with Crippen molar-refractivity contribution in [1.29, 1.82) is 0 Å². The number of nitrogens with zero attached hydrogens (tertiary/aromatic N) is 1. The third kappa shape index (κ3) is 5.08. The maximum absolute atomic E-state index is 13.3. The zero-order valence-corrected chi connectivity index (χ0v) is 15.4. The minimum atomic E-state index is -0.318. The standard InChI is InChI=1S/C21H18F2N2OS/c1-26-19-12-10-18(11-13-19)25-21(24)27-20(14-2-6-16(22)7-3-14)15-4-8-17(23)9-5-15/h2-13,20H,1H3,(H2,24,25). The topological polar surface area (TPSA) is 47.6 Å². The Balaban J connectivity index is 1.88. The number of rotatable bonds is 5. The monoisotopic (exact) mass is 384 g/mol. The predicted molar refractivity (Wildman–Crippen MR) is 107 cm³/mol. The van der Waals surface area contributed by atoms with Crippen molar-refractivity contribution in [2.24, 2.45) is 10.7 Å². The van der Waals surface area contributed by atoms with Crippen LogP contribution in [-0.2, 0) is 0 Å². The van der Waals surface area contributed by atoms with Crippen molar-refractivity contribution >= 4 is 22.6 Å². The minimum Gasteiger partial charge on any atom is -0.497 e. The van der Waals surface area contributed by atoms with Gasteiger partial charge >= 0.3 is 0 Å². The molecule has 0 saturated carbocycles. The maximum Gasteiger partial charge on any atom is 0.160 e. The molecular weight excluding hydrogens is 366 g/mol. The molecule has 2 N–H and O–H groups in total. The summed E-state index contributed by atoms with van der Waals surface area (Å²) in [5, 5.41) is 0.104. The lowest BCUT2D eigenvalue weighted by atomic mass is 10.0. The summed E-state index contributed by atoms with van der Waals surface area (Å²) in [6.45, 7) is 0. The Kier molecular flexibility index (Phi) is 6.08. The third-order valence-electron chi connectivity index (χ3n) is 3.90. The van der Waals surface area contributed by atoms with Crippen LogP contribution in [0.5, 0.6) is 5.75 Å². The number of aliphatic imine (C=N–C) groups is 1. The molecule has 6 heteroatoms. The molecule has 0 atom stereocenters. The molecule has 0 aliphatic carbocycles. The van der Waals surface area contributed by atoms with Gasteiger partial charge in [0.15, 0.2) is 5.17 Å². The summed E-state index contributed by atoms with van der Waals surface area (Å²) in [6.07, 6.45) is 0. The van der Waals surface area contributed by atoms with Crippen LogP contribution < -0.4 is 10.5 Å². The first-order chi connectivity index (χ1) is 13.0. The Hall–Kier alpha value is -2.86. The van der Waals surface area contributed by atoms with Gasteiger partial charge in [0.05, 0.1) is 18.0 Å². The Morgan fingerprint density at radius 3 is 1.78 bits per heavy atom. The highest BCUT2D eigenvalue weighted by atomic mass is 32.2. The Bertz CT molecular complexity index is 865. The molecule has 3 rings (SSSR count). The lowest BCUT2D eigenvalue weighted by Gasteiger charge is -2.17. The van der Waals surface area contributed by atoms with Crippen LogP contribution in [0.3, 0.4) is 0 Å². The molecule has 0 aliphatic rings. The van der Waals surface area contributed by atoms with Crippen molar-refractivity contribution in [3.8, 4) is 5.75 Å². The zero-order valence-electron chi connectivity index (χ0n) is 14.6. The summed E-state index contributed by atoms with van der Waals surface area (Å²) in [7, 11) is 1.60. The van der Waals surface area contributed by atoms with Gasteiger partial charge in [0.2, 0.25) is 0 Å². The number of nitrogens with two attached hydrogens (primary N) is 1. The molecule has 0 amide bonds. The van der Waals surface area contributed by atoms with E-state index in [4.69, 9.17) is 10.5 Å². The van der Waals surface area contributed by atoms with Gasteiger partial charge in [-0.05, 0) is 59.7 Å². The van der Waals surface area contributed by atoms with Crippen LogP contribution in [0.1, 0.15) is 16.4 Å². The van der Waals surface area contributed by atoms with Gasteiger partial charge < -0.3 is 10.5 Å². The molecule has 3 nitrogen and oxygen atoms in total. The number of methoxy groups -OCH3 is 1. The van der Waals surface area contributed by atoms with E-state index >= 15 is 0 Å². The molecule has 0 fully saturated rings. The van der Waals surface area contributed by atoms with E-state index in [-0.39, 0.29) is 16.9 Å². The van der Waals surface area contributed by atoms with Crippen LogP contribution in [0.15, 0.2) is 77.8 Å². The van der Waals surface area contributed by atoms with E-state index in [2.05, 4.69) is 4.99 Å². The van der Waals surface area contributed by atoms with E-state index in [1.807, 2.05) is 0 Å². The summed E-state index contributed by atoms with van der Waals surface area (Å²) in [4.78, 5) is 4.41. The molecule has 138 valence electrons. The summed E-state index contributed by atoms with van der Waals surface area (Å²) < 4.78 is 31.7. The quantitative estimate of drug-likeness (QED) is 0.470. The largest absolute Gasteiger partial charge is 0.497 e. The van der Waals surface area contributed by atoms with Crippen LogP contribution in [0.4, 0.5) is 14.5 Å². The molecule has 0 radical (unpaired) electrons. The van der Waals surface area contributed by atoms with Crippen molar-refractivity contribution in [2.45, 2.75) is 5.25 Å². The summed E-state index contributed by atoms with van der Waals surface area (Å²) in [5.74, 6) is 0.0960. The van der Waals surface area contributed by atoms with Crippen molar-refractivity contribution in [1.82, 2.24) is 0 Å². The molecule has 3 aromatic carbocycles. The van der Waals surface area contributed by atoms with Gasteiger partial charge in [-0.1, -0.05) is 36.0 Å². The predicted octanol–water partition coefficient (Wildman–Crippen LogP) is 5.44. The normalized spacial score (nSPS) is 11.6. The fraction of sp³-hybridized carbons (Fsp3) is 0.0952. The molecule has 0 saturated heterocycles. The van der Waals surface area contributed by atoms with Crippen molar-refractivity contribution in [3.63, 3.8) is 0 Å². The van der Waals surface area contributed by atoms with Crippen LogP contribution in [0.25, 0.3) is 0 Å². The van der Waals surface area contributed by atoms with Gasteiger partial charge in [-0.2, -0.15) is 0 Å². The lowest BCUT2D eigenvalue weighted by molar-refractivity contribution is 0.415. The van der Waals surface area contributed by atoms with Gasteiger partial charge in [0.1, 0.15) is 17.4 Å². The smallest absolute Gasteiger partial charge is 0.160 e. The second-order valence-electron chi connectivity index (χ2n) is 5.75. The highest BCUT2D eigenvalue weighted by Crippen LogP contribution is 2.36. The van der Waals surface area contributed by atoms with E-state index in [9.17, 15) is 8.78 Å². The van der Waals surface area contributed by atoms with Crippen molar-refractivity contribution in [2.75, 3.05) is 7.11 Å². The maximum atomic E-state index is 13.3. The van der Waals surface area contributed by atoms with Gasteiger partial charge in [-0.25, -0.2) is 13.8 Å². The number of halogens is 2. The average molecular weight is 384 g/mol. The Labute approximate surface area is 160 Å². The molecule has 0 spiro atoms. The van der Waals surface area contributed by atoms with Crippen LogP contribution in [0, 0.1) is 11.6 Å². The third-order valence-corrected chi connectivity index (χ3v) is 5.01. The average Bonchev–Trinajstić information content (AvgIpc) is 2.68. The van der Waals surface area contributed by atoms with Gasteiger partial charge in [-0.15, -0.1) is 0 Å². The van der Waals surface area contributed by atoms with E-state index in [1.54, 1.807) is 55.6 Å². The molecule has 0 heterocycles. The van der Waals surface area contributed by atoms with E-state index < -0.39 is 0 Å². The second kappa shape index (κ2) is 8.68. The fourth-order valence-electron chi connectivity index (χ4n) is 2.53. The van der Waals surface area contributed by atoms with Crippen molar-refractivity contribution < 1.29 is 13.5 Å². The number of amidine groups is 1. The molecule has 0 bridgehead atoms. The first-order valence-corrected chi connectivity index (χ1v) is 9.09. The summed E-state index contributed by atoms with van der Waals surface area (Å²) >= 11 is 1.32. The zero-order chi connectivity index (χ0) is 19.2.